The highest BCUT2D eigenvalue weighted by atomic mass is 35.5. The fourth-order valence-corrected chi connectivity index (χ4v) is 1.24. The summed E-state index contributed by atoms with van der Waals surface area (Å²) in [6.45, 7) is 0. The predicted molar refractivity (Wildman–Crippen MR) is 52.6 cm³/mol. The van der Waals surface area contributed by atoms with Crippen LogP contribution < -0.4 is 5.32 Å². The number of rotatable bonds is 1. The van der Waals surface area contributed by atoms with Crippen molar-refractivity contribution in [1.29, 1.82) is 5.41 Å². The van der Waals surface area contributed by atoms with Gasteiger partial charge in [0.1, 0.15) is 5.52 Å². The second kappa shape index (κ2) is 3.22. The van der Waals surface area contributed by atoms with Crippen LogP contribution in [0.4, 0.5) is 0 Å². The minimum Gasteiger partial charge on any atom is -0.370 e. The molecule has 0 fully saturated rings. The number of halogens is 1. The molecule has 6 nitrogen and oxygen atoms in total. The molecule has 0 spiro atoms. The quantitative estimate of drug-likeness (QED) is 0.364. The Labute approximate surface area is 84.2 Å². The number of H-pyrrole nitrogens is 1. The number of hydrogen-bond donors (Lipinski definition) is 3. The lowest BCUT2D eigenvalue weighted by atomic mass is 10.5. The number of imidazole rings is 1. The number of amidine groups is 1. The summed E-state index contributed by atoms with van der Waals surface area (Å²) in [5.74, 6) is 0.342. The summed E-state index contributed by atoms with van der Waals surface area (Å²) in [7, 11) is 1.62. The molecule has 0 amide bonds. The minimum absolute atomic E-state index is 0.108. The van der Waals surface area contributed by atoms with Crippen LogP contribution in [0.1, 0.15) is 5.82 Å². The van der Waals surface area contributed by atoms with Crippen molar-refractivity contribution in [3.63, 3.8) is 0 Å². The molecule has 72 valence electrons. The third-order valence-corrected chi connectivity index (χ3v) is 1.99. The van der Waals surface area contributed by atoms with Crippen molar-refractivity contribution >= 4 is 28.6 Å². The molecule has 0 saturated carbocycles. The molecule has 0 aliphatic heterocycles. The average Bonchev–Trinajstić information content (AvgIpc) is 2.64. The molecule has 2 rings (SSSR count). The lowest BCUT2D eigenvalue weighted by Crippen LogP contribution is -2.21. The van der Waals surface area contributed by atoms with E-state index in [0.29, 0.717) is 11.2 Å². The minimum atomic E-state index is 0.108. The van der Waals surface area contributed by atoms with Crippen molar-refractivity contribution < 1.29 is 0 Å². The summed E-state index contributed by atoms with van der Waals surface area (Å²) in [5.41, 5.74) is 1.04. The van der Waals surface area contributed by atoms with Gasteiger partial charge in [0, 0.05) is 7.05 Å². The third-order valence-electron chi connectivity index (χ3n) is 1.72. The molecular formula is C7H7ClN6. The van der Waals surface area contributed by atoms with Crippen molar-refractivity contribution in [2.75, 3.05) is 7.05 Å². The van der Waals surface area contributed by atoms with Gasteiger partial charge in [-0.1, -0.05) is 11.6 Å². The molecule has 0 aromatic carbocycles. The van der Waals surface area contributed by atoms with Gasteiger partial charge in [-0.2, -0.15) is 0 Å². The van der Waals surface area contributed by atoms with Crippen molar-refractivity contribution in [3.05, 3.63) is 17.3 Å². The zero-order chi connectivity index (χ0) is 10.1. The van der Waals surface area contributed by atoms with Crippen LogP contribution >= 0.6 is 11.6 Å². The highest BCUT2D eigenvalue weighted by molar-refractivity contribution is 6.33. The van der Waals surface area contributed by atoms with E-state index >= 15 is 0 Å². The number of hydrogen-bond acceptors (Lipinski definition) is 4. The SMILES string of the molecule is CNC(=N)c1nc(Cl)c2[nH]cnc2n1. The van der Waals surface area contributed by atoms with Crippen LogP contribution in [0.2, 0.25) is 5.15 Å². The molecule has 0 unspecified atom stereocenters. The molecule has 7 heteroatoms. The van der Waals surface area contributed by atoms with Crippen molar-refractivity contribution in [1.82, 2.24) is 25.3 Å². The van der Waals surface area contributed by atoms with Crippen molar-refractivity contribution in [2.24, 2.45) is 0 Å². The number of aromatic amines is 1. The Morgan fingerprint density at radius 1 is 1.57 bits per heavy atom. The largest absolute Gasteiger partial charge is 0.370 e. The molecule has 0 atom stereocenters. The second-order valence-electron chi connectivity index (χ2n) is 2.56. The molecule has 2 aromatic rings. The zero-order valence-electron chi connectivity index (χ0n) is 7.30. The van der Waals surface area contributed by atoms with Gasteiger partial charge in [-0.25, -0.2) is 15.0 Å². The fourth-order valence-electron chi connectivity index (χ4n) is 1.02. The van der Waals surface area contributed by atoms with Crippen LogP contribution in [0.3, 0.4) is 0 Å². The maximum absolute atomic E-state index is 7.47. The third kappa shape index (κ3) is 1.29. The molecule has 2 aromatic heterocycles. The summed E-state index contributed by atoms with van der Waals surface area (Å²) in [4.78, 5) is 14.7. The first-order valence-corrected chi connectivity index (χ1v) is 4.23. The highest BCUT2D eigenvalue weighted by Gasteiger charge is 2.10. The van der Waals surface area contributed by atoms with Gasteiger partial charge in [0.15, 0.2) is 22.5 Å². The fraction of sp³-hybridized carbons (Fsp3) is 0.143. The molecule has 14 heavy (non-hydrogen) atoms. The smallest absolute Gasteiger partial charge is 0.198 e. The van der Waals surface area contributed by atoms with E-state index in [0.717, 1.165) is 0 Å². The maximum atomic E-state index is 7.47. The number of fused-ring (bicyclic) bond motifs is 1. The number of nitrogens with zero attached hydrogens (tertiary/aromatic N) is 3. The predicted octanol–water partition coefficient (Wildman–Crippen LogP) is 0.551. The van der Waals surface area contributed by atoms with Crippen LogP contribution in [-0.4, -0.2) is 32.8 Å². The van der Waals surface area contributed by atoms with Crippen molar-refractivity contribution in [2.45, 2.75) is 0 Å². The van der Waals surface area contributed by atoms with Gasteiger partial charge in [0.2, 0.25) is 0 Å². The normalized spacial score (nSPS) is 10.4. The monoisotopic (exact) mass is 210 g/mol. The Morgan fingerprint density at radius 2 is 2.36 bits per heavy atom. The van der Waals surface area contributed by atoms with Crippen molar-refractivity contribution in [3.8, 4) is 0 Å². The van der Waals surface area contributed by atoms with E-state index in [-0.39, 0.29) is 16.8 Å². The van der Waals surface area contributed by atoms with Gasteiger partial charge in [-0.05, 0) is 0 Å². The standard InChI is InChI=1S/C7H7ClN6/c1-10-5(9)7-13-4(8)3-6(14-7)12-2-11-3/h2H,1H3,(H2,9,10)(H,11,12,13,14). The Kier molecular flexibility index (Phi) is 2.05. The lowest BCUT2D eigenvalue weighted by molar-refractivity contribution is 1.06. The number of nitrogens with one attached hydrogen (secondary N) is 3. The Bertz CT molecular complexity index is 490. The van der Waals surface area contributed by atoms with E-state index < -0.39 is 0 Å². The molecule has 0 saturated heterocycles. The van der Waals surface area contributed by atoms with Gasteiger partial charge in [-0.3, -0.25) is 5.41 Å². The van der Waals surface area contributed by atoms with Gasteiger partial charge >= 0.3 is 0 Å². The molecule has 0 aliphatic carbocycles. The average molecular weight is 211 g/mol. The molecule has 2 heterocycles. The first-order valence-electron chi connectivity index (χ1n) is 3.85. The zero-order valence-corrected chi connectivity index (χ0v) is 8.05. The Hall–Kier alpha value is -1.69. The van der Waals surface area contributed by atoms with Gasteiger partial charge < -0.3 is 10.3 Å². The molecule has 0 radical (unpaired) electrons. The van der Waals surface area contributed by atoms with Gasteiger partial charge in [-0.15, -0.1) is 0 Å². The molecule has 3 N–H and O–H groups in total. The molecule has 0 aliphatic rings. The van der Waals surface area contributed by atoms with E-state index in [1.54, 1.807) is 7.05 Å². The van der Waals surface area contributed by atoms with E-state index in [4.69, 9.17) is 17.0 Å². The van der Waals surface area contributed by atoms with Crippen LogP contribution in [0, 0.1) is 5.41 Å². The first-order chi connectivity index (χ1) is 6.72. The second-order valence-corrected chi connectivity index (χ2v) is 2.92. The first kappa shape index (κ1) is 8.89. The van der Waals surface area contributed by atoms with Crippen LogP contribution in [0.15, 0.2) is 6.33 Å². The van der Waals surface area contributed by atoms with Gasteiger partial charge in [0.25, 0.3) is 0 Å². The topological polar surface area (TPSA) is 90.3 Å². The van der Waals surface area contributed by atoms with Crippen LogP contribution in [0.5, 0.6) is 0 Å². The van der Waals surface area contributed by atoms with Crippen LogP contribution in [-0.2, 0) is 0 Å². The molecular weight excluding hydrogens is 204 g/mol. The van der Waals surface area contributed by atoms with Gasteiger partial charge in [0.05, 0.1) is 6.33 Å². The van der Waals surface area contributed by atoms with E-state index in [2.05, 4.69) is 25.3 Å². The Morgan fingerprint density at radius 3 is 3.07 bits per heavy atom. The maximum Gasteiger partial charge on any atom is 0.198 e. The summed E-state index contributed by atoms with van der Waals surface area (Å²) < 4.78 is 0. The Balaban J connectivity index is 2.64. The number of aromatic nitrogens is 4. The summed E-state index contributed by atoms with van der Waals surface area (Å²) in [6.07, 6.45) is 1.48. The summed E-state index contributed by atoms with van der Waals surface area (Å²) in [6, 6.07) is 0. The van der Waals surface area contributed by atoms with E-state index in [1.165, 1.54) is 6.33 Å². The summed E-state index contributed by atoms with van der Waals surface area (Å²) in [5, 5.41) is 10.4. The lowest BCUT2D eigenvalue weighted by Gasteiger charge is -2.01. The van der Waals surface area contributed by atoms with E-state index in [1.807, 2.05) is 0 Å². The van der Waals surface area contributed by atoms with Crippen LogP contribution in [0.25, 0.3) is 11.2 Å². The summed E-state index contributed by atoms with van der Waals surface area (Å²) >= 11 is 5.86. The molecule has 0 bridgehead atoms. The van der Waals surface area contributed by atoms with E-state index in [9.17, 15) is 0 Å². The highest BCUT2D eigenvalue weighted by Crippen LogP contribution is 2.15.